The van der Waals surface area contributed by atoms with E-state index in [-0.39, 0.29) is 10.7 Å². The molecule has 0 saturated heterocycles. The second kappa shape index (κ2) is 5.07. The van der Waals surface area contributed by atoms with Crippen molar-refractivity contribution >= 4 is 31.8 Å². The zero-order chi connectivity index (χ0) is 13.2. The fourth-order valence-corrected chi connectivity index (χ4v) is 2.83. The van der Waals surface area contributed by atoms with Crippen molar-refractivity contribution in [2.45, 2.75) is 18.4 Å². The van der Waals surface area contributed by atoms with Gasteiger partial charge < -0.3 is 0 Å². The van der Waals surface area contributed by atoms with Gasteiger partial charge in [-0.1, -0.05) is 0 Å². The molecule has 8 heteroatoms. The van der Waals surface area contributed by atoms with Crippen molar-refractivity contribution in [3.63, 3.8) is 0 Å². The van der Waals surface area contributed by atoms with Crippen molar-refractivity contribution in [1.29, 1.82) is 0 Å². The molecule has 6 nitrogen and oxygen atoms in total. The van der Waals surface area contributed by atoms with E-state index in [2.05, 4.69) is 30.7 Å². The molecule has 2 aromatic rings. The topological polar surface area (TPSA) is 76.9 Å². The summed E-state index contributed by atoms with van der Waals surface area (Å²) in [6, 6.07) is 3.08. The van der Waals surface area contributed by atoms with Crippen molar-refractivity contribution in [1.82, 2.24) is 14.8 Å². The molecule has 0 aromatic carbocycles. The quantitative estimate of drug-likeness (QED) is 0.928. The molecule has 0 aliphatic carbocycles. The summed E-state index contributed by atoms with van der Waals surface area (Å²) in [5.41, 5.74) is 0. The molecule has 0 atom stereocenters. The van der Waals surface area contributed by atoms with E-state index in [0.717, 1.165) is 0 Å². The predicted molar refractivity (Wildman–Crippen MR) is 70.6 cm³/mol. The molecule has 0 unspecified atom stereocenters. The molecule has 0 aliphatic heterocycles. The van der Waals surface area contributed by atoms with Gasteiger partial charge in [0, 0.05) is 35.7 Å². The minimum Gasteiger partial charge on any atom is -0.271 e. The van der Waals surface area contributed by atoms with Gasteiger partial charge in [0.2, 0.25) is 0 Å². The van der Waals surface area contributed by atoms with Gasteiger partial charge in [-0.3, -0.25) is 14.4 Å². The number of nitrogens with one attached hydrogen (secondary N) is 1. The van der Waals surface area contributed by atoms with E-state index < -0.39 is 10.0 Å². The van der Waals surface area contributed by atoms with Gasteiger partial charge in [-0.25, -0.2) is 8.42 Å². The molecule has 2 rings (SSSR count). The first-order valence-electron chi connectivity index (χ1n) is 5.18. The molecule has 0 aliphatic rings. The molecule has 0 fully saturated rings. The van der Waals surface area contributed by atoms with Crippen LogP contribution in [-0.4, -0.2) is 23.2 Å². The number of rotatable bonds is 4. The number of aromatic nitrogens is 3. The van der Waals surface area contributed by atoms with Crippen LogP contribution in [0, 0.1) is 0 Å². The lowest BCUT2D eigenvalue weighted by Gasteiger charge is -2.05. The Bertz CT molecular complexity index is 653. The Balaban J connectivity index is 2.27. The molecule has 18 heavy (non-hydrogen) atoms. The molecule has 1 N–H and O–H groups in total. The minimum atomic E-state index is -3.65. The van der Waals surface area contributed by atoms with Crippen molar-refractivity contribution in [3.05, 3.63) is 35.2 Å². The molecule has 0 bridgehead atoms. The van der Waals surface area contributed by atoms with Crippen LogP contribution in [0.5, 0.6) is 0 Å². The van der Waals surface area contributed by atoms with Crippen LogP contribution in [0.1, 0.15) is 6.92 Å². The molecular weight excluding hydrogens is 320 g/mol. The largest absolute Gasteiger partial charge is 0.271 e. The molecule has 0 spiro atoms. The average molecular weight is 331 g/mol. The molecule has 0 amide bonds. The zero-order valence-electron chi connectivity index (χ0n) is 9.54. The summed E-state index contributed by atoms with van der Waals surface area (Å²) in [7, 11) is -3.65. The first-order chi connectivity index (χ1) is 8.51. The predicted octanol–water partition coefficient (Wildman–Crippen LogP) is 1.86. The number of aryl methyl sites for hydroxylation is 1. The number of hydrogen-bond donors (Lipinski definition) is 1. The van der Waals surface area contributed by atoms with Crippen molar-refractivity contribution < 1.29 is 8.42 Å². The highest BCUT2D eigenvalue weighted by molar-refractivity contribution is 9.10. The van der Waals surface area contributed by atoms with Crippen LogP contribution in [0.4, 0.5) is 5.82 Å². The third kappa shape index (κ3) is 2.88. The highest BCUT2D eigenvalue weighted by Crippen LogP contribution is 2.17. The summed E-state index contributed by atoms with van der Waals surface area (Å²) < 4.78 is 28.7. The van der Waals surface area contributed by atoms with E-state index in [9.17, 15) is 8.42 Å². The maximum atomic E-state index is 12.0. The summed E-state index contributed by atoms with van der Waals surface area (Å²) in [5.74, 6) is 0.289. The fraction of sp³-hybridized carbons (Fsp3) is 0.200. The van der Waals surface area contributed by atoms with Crippen LogP contribution >= 0.6 is 15.9 Å². The van der Waals surface area contributed by atoms with Gasteiger partial charge in [0.05, 0.1) is 0 Å². The summed E-state index contributed by atoms with van der Waals surface area (Å²) in [5, 5.41) is 4.06. The Morgan fingerprint density at radius 1 is 1.44 bits per heavy atom. The summed E-state index contributed by atoms with van der Waals surface area (Å²) in [6.45, 7) is 2.60. The second-order valence-corrected chi connectivity index (χ2v) is 6.10. The van der Waals surface area contributed by atoms with E-state index in [1.807, 2.05) is 6.92 Å². The summed E-state index contributed by atoms with van der Waals surface area (Å²) in [4.78, 5) is 3.91. The number of sulfonamides is 1. The van der Waals surface area contributed by atoms with Crippen LogP contribution < -0.4 is 4.72 Å². The van der Waals surface area contributed by atoms with Crippen LogP contribution in [0.2, 0.25) is 0 Å². The number of hydrogen-bond acceptors (Lipinski definition) is 4. The van der Waals surface area contributed by atoms with Crippen LogP contribution in [0.3, 0.4) is 0 Å². The Morgan fingerprint density at radius 3 is 2.83 bits per heavy atom. The minimum absolute atomic E-state index is 0.0860. The van der Waals surface area contributed by atoms with Crippen molar-refractivity contribution in [3.8, 4) is 0 Å². The van der Waals surface area contributed by atoms with Gasteiger partial charge in [-0.05, 0) is 28.9 Å². The lowest BCUT2D eigenvalue weighted by molar-refractivity contribution is 0.600. The van der Waals surface area contributed by atoms with E-state index in [1.54, 1.807) is 16.9 Å². The van der Waals surface area contributed by atoms with Gasteiger partial charge in [0.25, 0.3) is 10.0 Å². The van der Waals surface area contributed by atoms with E-state index in [1.165, 1.54) is 18.5 Å². The van der Waals surface area contributed by atoms with Gasteiger partial charge >= 0.3 is 0 Å². The SMILES string of the molecule is CCn1ccc(NS(=O)(=O)c2cncc(Br)c2)n1. The number of halogens is 1. The molecule has 0 saturated carbocycles. The average Bonchev–Trinajstić information content (AvgIpc) is 2.76. The Hall–Kier alpha value is -1.41. The van der Waals surface area contributed by atoms with E-state index in [4.69, 9.17) is 0 Å². The van der Waals surface area contributed by atoms with E-state index >= 15 is 0 Å². The van der Waals surface area contributed by atoms with Crippen LogP contribution in [0.25, 0.3) is 0 Å². The monoisotopic (exact) mass is 330 g/mol. The summed E-state index contributed by atoms with van der Waals surface area (Å²) >= 11 is 3.18. The number of nitrogens with zero attached hydrogens (tertiary/aromatic N) is 3. The van der Waals surface area contributed by atoms with Crippen molar-refractivity contribution in [2.75, 3.05) is 4.72 Å². The highest BCUT2D eigenvalue weighted by atomic mass is 79.9. The Kier molecular flexibility index (Phi) is 3.67. The summed E-state index contributed by atoms with van der Waals surface area (Å²) in [6.07, 6.45) is 4.51. The van der Waals surface area contributed by atoms with Crippen LogP contribution in [-0.2, 0) is 16.6 Å². The first-order valence-corrected chi connectivity index (χ1v) is 7.45. The molecular formula is C10H11BrN4O2S. The maximum Gasteiger partial charge on any atom is 0.264 e. The molecule has 96 valence electrons. The third-order valence-electron chi connectivity index (χ3n) is 2.19. The normalized spacial score (nSPS) is 11.4. The van der Waals surface area contributed by atoms with Gasteiger partial charge in [-0.15, -0.1) is 0 Å². The second-order valence-electron chi connectivity index (χ2n) is 3.50. The number of pyridine rings is 1. The molecule has 0 radical (unpaired) electrons. The van der Waals surface area contributed by atoms with Crippen LogP contribution in [0.15, 0.2) is 40.1 Å². The zero-order valence-corrected chi connectivity index (χ0v) is 11.9. The van der Waals surface area contributed by atoms with Crippen molar-refractivity contribution in [2.24, 2.45) is 0 Å². The molecule has 2 heterocycles. The first kappa shape index (κ1) is 13.0. The fourth-order valence-electron chi connectivity index (χ4n) is 1.33. The van der Waals surface area contributed by atoms with E-state index in [0.29, 0.717) is 11.0 Å². The van der Waals surface area contributed by atoms with Gasteiger partial charge in [-0.2, -0.15) is 5.10 Å². The smallest absolute Gasteiger partial charge is 0.264 e. The molecule has 2 aromatic heterocycles. The third-order valence-corrected chi connectivity index (χ3v) is 3.95. The Labute approximate surface area is 113 Å². The van der Waals surface area contributed by atoms with Gasteiger partial charge in [0.15, 0.2) is 5.82 Å². The Morgan fingerprint density at radius 2 is 2.22 bits per heavy atom. The maximum absolute atomic E-state index is 12.0. The number of anilines is 1. The highest BCUT2D eigenvalue weighted by Gasteiger charge is 2.16. The standard InChI is InChI=1S/C10H11BrN4O2S/c1-2-15-4-3-10(13-15)14-18(16,17)9-5-8(11)6-12-7-9/h3-7H,2H2,1H3,(H,13,14). The lowest BCUT2D eigenvalue weighted by Crippen LogP contribution is -2.14. The lowest BCUT2D eigenvalue weighted by atomic mass is 10.5. The van der Waals surface area contributed by atoms with Gasteiger partial charge in [0.1, 0.15) is 4.90 Å².